The van der Waals surface area contributed by atoms with E-state index in [1.54, 1.807) is 43.5 Å². The molecule has 32 heavy (non-hydrogen) atoms. The highest BCUT2D eigenvalue weighted by Gasteiger charge is 2.17. The van der Waals surface area contributed by atoms with Crippen LogP contribution in [0.1, 0.15) is 10.4 Å². The van der Waals surface area contributed by atoms with E-state index in [1.807, 2.05) is 18.2 Å². The highest BCUT2D eigenvalue weighted by molar-refractivity contribution is 7.90. The maximum absolute atomic E-state index is 14.3. The molecule has 4 aromatic rings. The lowest BCUT2D eigenvalue weighted by molar-refractivity contribution is 0.102. The molecule has 0 unspecified atom stereocenters. The van der Waals surface area contributed by atoms with Crippen LogP contribution in [-0.2, 0) is 9.84 Å². The number of hydrogen-bond donors (Lipinski definition) is 1. The Hall–Kier alpha value is -3.78. The van der Waals surface area contributed by atoms with Gasteiger partial charge in [-0.15, -0.1) is 0 Å². The Labute approximate surface area is 184 Å². The Balaban J connectivity index is 1.79. The zero-order valence-corrected chi connectivity index (χ0v) is 18.1. The molecule has 0 spiro atoms. The quantitative estimate of drug-likeness (QED) is 0.445. The fraction of sp³-hybridized carbons (Fsp3) is 0.0833. The number of amides is 1. The molecule has 0 aliphatic carbocycles. The molecule has 8 heteroatoms. The van der Waals surface area contributed by atoms with E-state index in [0.29, 0.717) is 22.3 Å². The molecule has 1 heterocycles. The van der Waals surface area contributed by atoms with Crippen LogP contribution in [0.15, 0.2) is 77.7 Å². The molecular weight excluding hydrogens is 431 g/mol. The lowest BCUT2D eigenvalue weighted by atomic mass is 10.0. The number of aromatic nitrogens is 1. The largest absolute Gasteiger partial charge is 0.497 e. The monoisotopic (exact) mass is 450 g/mol. The van der Waals surface area contributed by atoms with E-state index in [2.05, 4.69) is 10.3 Å². The average Bonchev–Trinajstić information content (AvgIpc) is 2.79. The molecule has 0 saturated heterocycles. The van der Waals surface area contributed by atoms with Crippen molar-refractivity contribution in [2.24, 2.45) is 0 Å². The fourth-order valence-electron chi connectivity index (χ4n) is 3.29. The number of benzene rings is 3. The molecule has 1 amide bonds. The molecular formula is C24H19FN2O4S. The second kappa shape index (κ2) is 8.39. The van der Waals surface area contributed by atoms with Gasteiger partial charge >= 0.3 is 0 Å². The Morgan fingerprint density at radius 3 is 2.41 bits per heavy atom. The molecule has 162 valence electrons. The summed E-state index contributed by atoms with van der Waals surface area (Å²) in [6.45, 7) is 0. The van der Waals surface area contributed by atoms with Gasteiger partial charge in [-0.25, -0.2) is 17.8 Å². The van der Waals surface area contributed by atoms with Gasteiger partial charge in [0.15, 0.2) is 9.84 Å². The number of methoxy groups -OCH3 is 1. The van der Waals surface area contributed by atoms with Crippen LogP contribution >= 0.6 is 0 Å². The lowest BCUT2D eigenvalue weighted by Gasteiger charge is -2.12. The van der Waals surface area contributed by atoms with Crippen molar-refractivity contribution in [2.45, 2.75) is 4.90 Å². The minimum Gasteiger partial charge on any atom is -0.497 e. The molecule has 3 aromatic carbocycles. The Bertz CT molecular complexity index is 1430. The first-order valence-corrected chi connectivity index (χ1v) is 11.5. The molecule has 0 atom stereocenters. The van der Waals surface area contributed by atoms with E-state index < -0.39 is 21.6 Å². The van der Waals surface area contributed by atoms with Crippen molar-refractivity contribution in [2.75, 3.05) is 18.7 Å². The number of para-hydroxylation sites is 1. The minimum absolute atomic E-state index is 0.0901. The van der Waals surface area contributed by atoms with Gasteiger partial charge < -0.3 is 10.1 Å². The molecule has 1 N–H and O–H groups in total. The summed E-state index contributed by atoms with van der Waals surface area (Å²) in [5, 5.41) is 3.09. The van der Waals surface area contributed by atoms with Gasteiger partial charge in [-0.3, -0.25) is 4.79 Å². The van der Waals surface area contributed by atoms with E-state index in [0.717, 1.165) is 30.0 Å². The summed E-state index contributed by atoms with van der Waals surface area (Å²) in [7, 11) is -1.99. The summed E-state index contributed by atoms with van der Waals surface area (Å²) in [6.07, 6.45) is 1.02. The Morgan fingerprint density at radius 2 is 1.72 bits per heavy atom. The van der Waals surface area contributed by atoms with Crippen LogP contribution in [0.5, 0.6) is 5.75 Å². The number of pyridine rings is 1. The summed E-state index contributed by atoms with van der Waals surface area (Å²) in [5.74, 6) is -0.629. The summed E-state index contributed by atoms with van der Waals surface area (Å²) < 4.78 is 43.2. The maximum atomic E-state index is 14.3. The van der Waals surface area contributed by atoms with Crippen LogP contribution < -0.4 is 10.1 Å². The van der Waals surface area contributed by atoms with Crippen molar-refractivity contribution >= 4 is 32.3 Å². The summed E-state index contributed by atoms with van der Waals surface area (Å²) >= 11 is 0. The van der Waals surface area contributed by atoms with Gasteiger partial charge in [0, 0.05) is 17.2 Å². The molecule has 0 bridgehead atoms. The van der Waals surface area contributed by atoms with Crippen LogP contribution in [0, 0.1) is 5.82 Å². The van der Waals surface area contributed by atoms with Gasteiger partial charge in [-0.05, 0) is 54.6 Å². The summed E-state index contributed by atoms with van der Waals surface area (Å²) in [6, 6.07) is 19.2. The minimum atomic E-state index is -3.56. The number of carbonyl (C=O) groups excluding carboxylic acids is 1. The average molecular weight is 450 g/mol. The molecule has 1 aromatic heterocycles. The third kappa shape index (κ3) is 4.31. The van der Waals surface area contributed by atoms with Crippen molar-refractivity contribution in [1.82, 2.24) is 4.98 Å². The van der Waals surface area contributed by atoms with Gasteiger partial charge in [0.2, 0.25) is 0 Å². The van der Waals surface area contributed by atoms with Gasteiger partial charge in [-0.1, -0.05) is 18.2 Å². The number of sulfone groups is 1. The molecule has 0 fully saturated rings. The fourth-order valence-corrected chi connectivity index (χ4v) is 3.94. The van der Waals surface area contributed by atoms with Crippen molar-refractivity contribution in [1.29, 1.82) is 0 Å². The summed E-state index contributed by atoms with van der Waals surface area (Å²) in [4.78, 5) is 17.7. The number of ether oxygens (including phenoxy) is 1. The van der Waals surface area contributed by atoms with Crippen molar-refractivity contribution < 1.29 is 22.3 Å². The lowest BCUT2D eigenvalue weighted by Crippen LogP contribution is -2.14. The first kappa shape index (κ1) is 21.5. The molecule has 4 rings (SSSR count). The van der Waals surface area contributed by atoms with E-state index in [9.17, 15) is 17.6 Å². The standard InChI is InChI=1S/C24H19FN2O4S/c1-31-16-9-7-15(8-10-16)22-14-19(18-5-3-4-6-21(18)26-22)24(28)27-23-13-17(32(2,29)30)11-12-20(23)25/h3-14H,1-2H3,(H,27,28). The normalized spacial score (nSPS) is 11.3. The molecule has 0 aliphatic rings. The topological polar surface area (TPSA) is 85.4 Å². The molecule has 0 saturated carbocycles. The molecule has 6 nitrogen and oxygen atoms in total. The zero-order valence-electron chi connectivity index (χ0n) is 17.3. The van der Waals surface area contributed by atoms with Gasteiger partial charge in [0.25, 0.3) is 5.91 Å². The predicted octanol–water partition coefficient (Wildman–Crippen LogP) is 4.71. The van der Waals surface area contributed by atoms with Crippen molar-refractivity contribution in [3.8, 4) is 17.0 Å². The first-order chi connectivity index (χ1) is 15.3. The number of nitrogens with one attached hydrogen (secondary N) is 1. The van der Waals surface area contributed by atoms with E-state index in [1.165, 1.54) is 0 Å². The number of nitrogens with zero attached hydrogens (tertiary/aromatic N) is 1. The van der Waals surface area contributed by atoms with Crippen LogP contribution in [0.3, 0.4) is 0 Å². The SMILES string of the molecule is COc1ccc(-c2cc(C(=O)Nc3cc(S(C)(=O)=O)ccc3F)c3ccccc3n2)cc1. The van der Waals surface area contributed by atoms with E-state index in [-0.39, 0.29) is 16.1 Å². The van der Waals surface area contributed by atoms with Crippen LogP contribution in [0.4, 0.5) is 10.1 Å². The van der Waals surface area contributed by atoms with E-state index in [4.69, 9.17) is 4.74 Å². The predicted molar refractivity (Wildman–Crippen MR) is 121 cm³/mol. The Morgan fingerprint density at radius 1 is 1.00 bits per heavy atom. The van der Waals surface area contributed by atoms with Crippen LogP contribution in [0.2, 0.25) is 0 Å². The molecule has 0 radical (unpaired) electrons. The third-order valence-electron chi connectivity index (χ3n) is 4.96. The van der Waals surface area contributed by atoms with Crippen molar-refractivity contribution in [3.63, 3.8) is 0 Å². The maximum Gasteiger partial charge on any atom is 0.256 e. The number of anilines is 1. The van der Waals surface area contributed by atoms with Crippen LogP contribution in [-0.4, -0.2) is 32.7 Å². The number of hydrogen-bond acceptors (Lipinski definition) is 5. The first-order valence-electron chi connectivity index (χ1n) is 9.61. The second-order valence-corrected chi connectivity index (χ2v) is 9.18. The number of rotatable bonds is 5. The summed E-state index contributed by atoms with van der Waals surface area (Å²) in [5.41, 5.74) is 1.99. The number of carbonyl (C=O) groups is 1. The van der Waals surface area contributed by atoms with Gasteiger partial charge in [0.05, 0.1) is 34.5 Å². The van der Waals surface area contributed by atoms with Gasteiger partial charge in [-0.2, -0.15) is 0 Å². The smallest absolute Gasteiger partial charge is 0.256 e. The van der Waals surface area contributed by atoms with Crippen molar-refractivity contribution in [3.05, 3.63) is 84.2 Å². The number of fused-ring (bicyclic) bond motifs is 1. The Kier molecular flexibility index (Phi) is 5.63. The second-order valence-electron chi connectivity index (χ2n) is 7.17. The van der Waals surface area contributed by atoms with Gasteiger partial charge in [0.1, 0.15) is 11.6 Å². The zero-order chi connectivity index (χ0) is 22.9. The molecule has 0 aliphatic heterocycles. The highest BCUT2D eigenvalue weighted by atomic mass is 32.2. The van der Waals surface area contributed by atoms with E-state index >= 15 is 0 Å². The van der Waals surface area contributed by atoms with Crippen LogP contribution in [0.25, 0.3) is 22.2 Å². The highest BCUT2D eigenvalue weighted by Crippen LogP contribution is 2.28. The number of halogens is 1. The third-order valence-corrected chi connectivity index (χ3v) is 6.07.